The summed E-state index contributed by atoms with van der Waals surface area (Å²) >= 11 is 9.72. The van der Waals surface area contributed by atoms with Crippen molar-refractivity contribution in [3.63, 3.8) is 0 Å². The van der Waals surface area contributed by atoms with Gasteiger partial charge in [-0.15, -0.1) is 0 Å². The van der Waals surface area contributed by atoms with Gasteiger partial charge in [0.2, 0.25) is 0 Å². The van der Waals surface area contributed by atoms with Crippen molar-refractivity contribution in [2.75, 3.05) is 4.90 Å². The average molecular weight is 441 g/mol. The van der Waals surface area contributed by atoms with E-state index in [-0.39, 0.29) is 11.9 Å². The summed E-state index contributed by atoms with van der Waals surface area (Å²) in [6.07, 6.45) is 1.02. The maximum absolute atomic E-state index is 13.4. The first-order valence-electron chi connectivity index (χ1n) is 8.41. The summed E-state index contributed by atoms with van der Waals surface area (Å²) in [7, 11) is 0. The lowest BCUT2D eigenvalue weighted by molar-refractivity contribution is 0.0559. The lowest BCUT2D eigenvalue weighted by Gasteiger charge is -2.39. The Balaban J connectivity index is 2.10. The molecule has 6 heteroatoms. The fourth-order valence-electron chi connectivity index (χ4n) is 3.19. The summed E-state index contributed by atoms with van der Waals surface area (Å²) < 4.78 is 19.7. The second kappa shape index (κ2) is 7.20. The Labute approximate surface area is 166 Å². The molecule has 2 aromatic carbocycles. The van der Waals surface area contributed by atoms with Crippen LogP contribution in [-0.2, 0) is 11.2 Å². The van der Waals surface area contributed by atoms with Gasteiger partial charge in [-0.25, -0.2) is 9.18 Å². The van der Waals surface area contributed by atoms with Gasteiger partial charge in [0.1, 0.15) is 11.4 Å². The van der Waals surface area contributed by atoms with Crippen LogP contribution in [0.4, 0.5) is 14.9 Å². The van der Waals surface area contributed by atoms with Gasteiger partial charge in [-0.2, -0.15) is 0 Å². The quantitative estimate of drug-likeness (QED) is 0.495. The molecule has 0 N–H and O–H groups in total. The van der Waals surface area contributed by atoms with Crippen molar-refractivity contribution in [1.29, 1.82) is 0 Å². The minimum atomic E-state index is -0.624. The number of halogens is 3. The Morgan fingerprint density at radius 2 is 1.92 bits per heavy atom. The minimum absolute atomic E-state index is 0.240. The fourth-order valence-corrected chi connectivity index (χ4v) is 4.25. The second-order valence-corrected chi connectivity index (χ2v) is 8.64. The fraction of sp³-hybridized carbons (Fsp3) is 0.350. The highest BCUT2D eigenvalue weighted by Crippen LogP contribution is 2.44. The van der Waals surface area contributed by atoms with Gasteiger partial charge < -0.3 is 4.74 Å². The summed E-state index contributed by atoms with van der Waals surface area (Å²) in [5.74, 6) is -0.304. The zero-order valence-electron chi connectivity index (χ0n) is 14.9. The third kappa shape index (κ3) is 4.04. The van der Waals surface area contributed by atoms with Crippen molar-refractivity contribution >= 4 is 39.3 Å². The van der Waals surface area contributed by atoms with Gasteiger partial charge >= 0.3 is 6.09 Å². The van der Waals surface area contributed by atoms with Crippen LogP contribution < -0.4 is 4.90 Å². The number of anilines is 1. The van der Waals surface area contributed by atoms with E-state index in [0.717, 1.165) is 27.7 Å². The van der Waals surface area contributed by atoms with Crippen LogP contribution in [0.1, 0.15) is 44.4 Å². The first-order chi connectivity index (χ1) is 12.2. The number of hydrogen-bond donors (Lipinski definition) is 0. The molecule has 0 bridgehead atoms. The Kier molecular flexibility index (Phi) is 5.31. The van der Waals surface area contributed by atoms with Crippen LogP contribution in [0.25, 0.3) is 0 Å². The standard InChI is InChI=1S/C20H20BrClFNO2/c1-20(2,3)26-19(25)24-17(12-4-7-15(23)8-5-12)9-6-13-10-14(22)11-16(21)18(13)24/h4-5,7-8,10-11,17H,6,9H2,1-3H3. The molecule has 0 aromatic heterocycles. The number of ether oxygens (including phenoxy) is 1. The Hall–Kier alpha value is -1.59. The third-order valence-corrected chi connectivity index (χ3v) is 5.01. The highest BCUT2D eigenvalue weighted by Gasteiger charge is 2.36. The predicted molar refractivity (Wildman–Crippen MR) is 105 cm³/mol. The average Bonchev–Trinajstić information content (AvgIpc) is 2.53. The highest BCUT2D eigenvalue weighted by atomic mass is 79.9. The molecule has 1 amide bonds. The van der Waals surface area contributed by atoms with Gasteiger partial charge in [0.25, 0.3) is 0 Å². The summed E-state index contributed by atoms with van der Waals surface area (Å²) in [4.78, 5) is 14.7. The molecule has 3 nitrogen and oxygen atoms in total. The van der Waals surface area contributed by atoms with Gasteiger partial charge in [-0.3, -0.25) is 4.90 Å². The van der Waals surface area contributed by atoms with Crippen LogP contribution in [0.5, 0.6) is 0 Å². The smallest absolute Gasteiger partial charge is 0.415 e. The minimum Gasteiger partial charge on any atom is -0.443 e. The van der Waals surface area contributed by atoms with E-state index in [2.05, 4.69) is 15.9 Å². The van der Waals surface area contributed by atoms with E-state index in [1.54, 1.807) is 23.1 Å². The molecule has 26 heavy (non-hydrogen) atoms. The molecule has 138 valence electrons. The number of carbonyl (C=O) groups is 1. The molecular weight excluding hydrogens is 421 g/mol. The molecule has 1 heterocycles. The summed E-state index contributed by atoms with van der Waals surface area (Å²) in [5, 5.41) is 0.611. The van der Waals surface area contributed by atoms with E-state index in [1.165, 1.54) is 12.1 Å². The molecule has 1 atom stereocenters. The topological polar surface area (TPSA) is 29.5 Å². The number of fused-ring (bicyclic) bond motifs is 1. The number of rotatable bonds is 1. The monoisotopic (exact) mass is 439 g/mol. The molecule has 0 saturated heterocycles. The van der Waals surface area contributed by atoms with E-state index >= 15 is 0 Å². The lowest BCUT2D eigenvalue weighted by Crippen LogP contribution is -2.42. The van der Waals surface area contributed by atoms with Crippen molar-refractivity contribution in [3.05, 3.63) is 62.8 Å². The summed E-state index contributed by atoms with van der Waals surface area (Å²) in [6, 6.07) is 9.66. The lowest BCUT2D eigenvalue weighted by atomic mass is 9.91. The molecule has 0 spiro atoms. The van der Waals surface area contributed by atoms with Crippen LogP contribution in [0.2, 0.25) is 5.02 Å². The molecule has 1 aliphatic heterocycles. The number of nitrogens with zero attached hydrogens (tertiary/aromatic N) is 1. The van der Waals surface area contributed by atoms with Gasteiger partial charge in [-0.1, -0.05) is 23.7 Å². The van der Waals surface area contributed by atoms with Crippen LogP contribution >= 0.6 is 27.5 Å². The number of amides is 1. The predicted octanol–water partition coefficient (Wildman–Crippen LogP) is 6.67. The summed E-state index contributed by atoms with van der Waals surface area (Å²) in [5.41, 5.74) is 1.98. The van der Waals surface area contributed by atoms with E-state index < -0.39 is 11.7 Å². The van der Waals surface area contributed by atoms with Crippen molar-refractivity contribution in [2.45, 2.75) is 45.3 Å². The molecule has 2 aromatic rings. The number of benzene rings is 2. The SMILES string of the molecule is CC(C)(C)OC(=O)N1c2c(Br)cc(Cl)cc2CCC1c1ccc(F)cc1. The zero-order chi connectivity index (χ0) is 19.1. The van der Waals surface area contributed by atoms with Gasteiger partial charge in [0.05, 0.1) is 11.7 Å². The number of hydrogen-bond acceptors (Lipinski definition) is 2. The Morgan fingerprint density at radius 1 is 1.27 bits per heavy atom. The Morgan fingerprint density at radius 3 is 2.54 bits per heavy atom. The van der Waals surface area contributed by atoms with Crippen molar-refractivity contribution in [3.8, 4) is 0 Å². The van der Waals surface area contributed by atoms with Crippen molar-refractivity contribution in [1.82, 2.24) is 0 Å². The normalized spacial score (nSPS) is 17.0. The molecule has 0 aliphatic carbocycles. The highest BCUT2D eigenvalue weighted by molar-refractivity contribution is 9.10. The molecular formula is C20H20BrClFNO2. The molecule has 1 aliphatic rings. The van der Waals surface area contributed by atoms with E-state index in [1.807, 2.05) is 26.8 Å². The van der Waals surface area contributed by atoms with Gasteiger partial charge in [-0.05, 0) is 84.9 Å². The van der Waals surface area contributed by atoms with E-state index in [4.69, 9.17) is 16.3 Å². The first-order valence-corrected chi connectivity index (χ1v) is 9.58. The van der Waals surface area contributed by atoms with Gasteiger partial charge in [0.15, 0.2) is 0 Å². The molecule has 0 radical (unpaired) electrons. The maximum atomic E-state index is 13.4. The number of carbonyl (C=O) groups excluding carboxylic acids is 1. The van der Waals surface area contributed by atoms with E-state index in [0.29, 0.717) is 11.4 Å². The third-order valence-electron chi connectivity index (χ3n) is 4.19. The molecule has 0 saturated carbocycles. The van der Waals surface area contributed by atoms with Crippen molar-refractivity contribution < 1.29 is 13.9 Å². The van der Waals surface area contributed by atoms with Crippen LogP contribution in [0.15, 0.2) is 40.9 Å². The van der Waals surface area contributed by atoms with E-state index in [9.17, 15) is 9.18 Å². The zero-order valence-corrected chi connectivity index (χ0v) is 17.2. The van der Waals surface area contributed by atoms with Crippen LogP contribution in [0.3, 0.4) is 0 Å². The molecule has 1 unspecified atom stereocenters. The first kappa shape index (κ1) is 19.2. The van der Waals surface area contributed by atoms with Crippen molar-refractivity contribution in [2.24, 2.45) is 0 Å². The van der Waals surface area contributed by atoms with Gasteiger partial charge in [0, 0.05) is 9.50 Å². The summed E-state index contributed by atoms with van der Waals surface area (Å²) in [6.45, 7) is 5.50. The maximum Gasteiger partial charge on any atom is 0.415 e. The molecule has 3 rings (SSSR count). The molecule has 0 fully saturated rings. The van der Waals surface area contributed by atoms with Crippen LogP contribution in [-0.4, -0.2) is 11.7 Å². The largest absolute Gasteiger partial charge is 0.443 e. The Bertz CT molecular complexity index is 833. The second-order valence-electron chi connectivity index (χ2n) is 7.35. The van der Waals surface area contributed by atoms with Crippen LogP contribution in [0, 0.1) is 5.82 Å². The number of aryl methyl sites for hydroxylation is 1.